The van der Waals surface area contributed by atoms with E-state index in [9.17, 15) is 0 Å². The summed E-state index contributed by atoms with van der Waals surface area (Å²) in [5, 5.41) is 4.60. The molecular formula is C57H36N4O. The van der Waals surface area contributed by atoms with Crippen molar-refractivity contribution in [3.05, 3.63) is 218 Å². The van der Waals surface area contributed by atoms with Gasteiger partial charge in [0, 0.05) is 49.5 Å². The van der Waals surface area contributed by atoms with Crippen molar-refractivity contribution >= 4 is 43.7 Å². The molecule has 3 heterocycles. The molecule has 0 saturated carbocycles. The Labute approximate surface area is 357 Å². The third kappa shape index (κ3) is 6.14. The van der Waals surface area contributed by atoms with Gasteiger partial charge < -0.3 is 8.98 Å². The van der Waals surface area contributed by atoms with Crippen LogP contribution in [0.25, 0.3) is 117 Å². The minimum Gasteiger partial charge on any atom is -0.456 e. The van der Waals surface area contributed by atoms with Gasteiger partial charge in [-0.1, -0.05) is 164 Å². The SMILES string of the molecule is c1ccc(-c2ccc(-c3nc(-c4ccccc4)nc(-c4ccc(-n5c6ccccc6c6cccc(-c7ccc8c(c7)oc7ccc(-c9ccccc9)cc78)c65)cc4)n3)cc2)cc1. The maximum atomic E-state index is 6.52. The molecule has 0 N–H and O–H groups in total. The number of nitrogens with zero attached hydrogens (tertiary/aromatic N) is 4. The van der Waals surface area contributed by atoms with E-state index in [1.165, 1.54) is 27.5 Å². The first kappa shape index (κ1) is 35.5. The van der Waals surface area contributed by atoms with Gasteiger partial charge in [-0.05, 0) is 82.4 Å². The molecule has 0 aliphatic rings. The highest BCUT2D eigenvalue weighted by Crippen LogP contribution is 2.41. The van der Waals surface area contributed by atoms with Crippen LogP contribution in [-0.4, -0.2) is 19.5 Å². The summed E-state index contributed by atoms with van der Waals surface area (Å²) in [6.45, 7) is 0. The summed E-state index contributed by atoms with van der Waals surface area (Å²) in [4.78, 5) is 15.1. The third-order valence-electron chi connectivity index (χ3n) is 11.9. The Balaban J connectivity index is 0.959. The Bertz CT molecular complexity index is 3590. The van der Waals surface area contributed by atoms with Crippen molar-refractivity contribution in [2.24, 2.45) is 0 Å². The summed E-state index contributed by atoms with van der Waals surface area (Å²) >= 11 is 0. The number of hydrogen-bond donors (Lipinski definition) is 0. The molecule has 3 aromatic heterocycles. The normalized spacial score (nSPS) is 11.5. The predicted molar refractivity (Wildman–Crippen MR) is 254 cm³/mol. The molecule has 0 spiro atoms. The van der Waals surface area contributed by atoms with E-state index in [2.05, 4.69) is 180 Å². The quantitative estimate of drug-likeness (QED) is 0.161. The molecule has 0 radical (unpaired) electrons. The average Bonchev–Trinajstić information content (AvgIpc) is 3.90. The molecule has 12 aromatic rings. The molecular weight excluding hydrogens is 757 g/mol. The Morgan fingerprint density at radius 2 is 0.806 bits per heavy atom. The molecule has 0 fully saturated rings. The minimum absolute atomic E-state index is 0.616. The van der Waals surface area contributed by atoms with Gasteiger partial charge in [-0.25, -0.2) is 15.0 Å². The highest BCUT2D eigenvalue weighted by Gasteiger charge is 2.19. The maximum absolute atomic E-state index is 6.52. The number of para-hydroxylation sites is 2. The number of rotatable bonds is 7. The summed E-state index contributed by atoms with van der Waals surface area (Å²) in [7, 11) is 0. The molecule has 12 rings (SSSR count). The molecule has 0 atom stereocenters. The molecule has 62 heavy (non-hydrogen) atoms. The second kappa shape index (κ2) is 14.7. The molecule has 9 aromatic carbocycles. The molecule has 0 bridgehead atoms. The van der Waals surface area contributed by atoms with Crippen molar-refractivity contribution in [3.63, 3.8) is 0 Å². The summed E-state index contributed by atoms with van der Waals surface area (Å²) in [6.07, 6.45) is 0. The predicted octanol–water partition coefficient (Wildman–Crippen LogP) is 14.9. The molecule has 0 aliphatic carbocycles. The van der Waals surface area contributed by atoms with E-state index in [1.54, 1.807) is 0 Å². The monoisotopic (exact) mass is 792 g/mol. The fourth-order valence-electron chi connectivity index (χ4n) is 8.83. The zero-order chi connectivity index (χ0) is 41.0. The molecule has 5 heteroatoms. The van der Waals surface area contributed by atoms with E-state index in [-0.39, 0.29) is 0 Å². The largest absolute Gasteiger partial charge is 0.456 e. The molecule has 290 valence electrons. The van der Waals surface area contributed by atoms with Crippen molar-refractivity contribution in [2.75, 3.05) is 0 Å². The van der Waals surface area contributed by atoms with Crippen LogP contribution >= 0.6 is 0 Å². The summed E-state index contributed by atoms with van der Waals surface area (Å²) in [5.41, 5.74) is 14.7. The van der Waals surface area contributed by atoms with Gasteiger partial charge in [-0.2, -0.15) is 0 Å². The smallest absolute Gasteiger partial charge is 0.164 e. The van der Waals surface area contributed by atoms with Crippen LogP contribution in [0.1, 0.15) is 0 Å². The lowest BCUT2D eigenvalue weighted by atomic mass is 9.99. The van der Waals surface area contributed by atoms with E-state index < -0.39 is 0 Å². The first-order valence-corrected chi connectivity index (χ1v) is 20.8. The fraction of sp³-hybridized carbons (Fsp3) is 0. The maximum Gasteiger partial charge on any atom is 0.164 e. The highest BCUT2D eigenvalue weighted by atomic mass is 16.3. The molecule has 0 unspecified atom stereocenters. The van der Waals surface area contributed by atoms with Crippen molar-refractivity contribution in [2.45, 2.75) is 0 Å². The van der Waals surface area contributed by atoms with Gasteiger partial charge in [0.25, 0.3) is 0 Å². The van der Waals surface area contributed by atoms with Gasteiger partial charge in [-0.15, -0.1) is 0 Å². The van der Waals surface area contributed by atoms with E-state index in [1.807, 2.05) is 42.5 Å². The van der Waals surface area contributed by atoms with E-state index in [0.29, 0.717) is 17.5 Å². The van der Waals surface area contributed by atoms with Crippen LogP contribution in [0.15, 0.2) is 223 Å². The van der Waals surface area contributed by atoms with Crippen LogP contribution in [0.4, 0.5) is 0 Å². The van der Waals surface area contributed by atoms with Crippen LogP contribution in [0, 0.1) is 0 Å². The van der Waals surface area contributed by atoms with Crippen molar-refractivity contribution in [1.29, 1.82) is 0 Å². The fourth-order valence-corrected chi connectivity index (χ4v) is 8.83. The standard InChI is InChI=1S/C57H36N4O/c1-4-13-37(14-5-1)39-23-25-41(26-24-39)56-58-55(40-17-8-3-9-18-40)59-57(60-56)42-27-31-45(32-28-42)61-51-22-11-10-19-47(51)49-21-12-20-46(54(49)61)44-29-33-48-50-35-43(38-15-6-2-7-16-38)30-34-52(50)62-53(48)36-44/h1-36H. The van der Waals surface area contributed by atoms with Gasteiger partial charge in [0.05, 0.1) is 11.0 Å². The number of hydrogen-bond acceptors (Lipinski definition) is 4. The molecule has 0 saturated heterocycles. The Morgan fingerprint density at radius 3 is 1.48 bits per heavy atom. The van der Waals surface area contributed by atoms with Gasteiger partial charge in [0.2, 0.25) is 0 Å². The van der Waals surface area contributed by atoms with Gasteiger partial charge in [0.1, 0.15) is 11.2 Å². The first-order valence-electron chi connectivity index (χ1n) is 20.8. The number of fused-ring (bicyclic) bond motifs is 6. The number of benzene rings is 9. The lowest BCUT2D eigenvalue weighted by molar-refractivity contribution is 0.669. The topological polar surface area (TPSA) is 56.7 Å². The highest BCUT2D eigenvalue weighted by molar-refractivity contribution is 6.15. The lowest BCUT2D eigenvalue weighted by Gasteiger charge is -2.13. The van der Waals surface area contributed by atoms with Crippen LogP contribution in [0.2, 0.25) is 0 Å². The zero-order valence-corrected chi connectivity index (χ0v) is 33.5. The average molecular weight is 793 g/mol. The van der Waals surface area contributed by atoms with E-state index in [0.717, 1.165) is 72.0 Å². The van der Waals surface area contributed by atoms with E-state index in [4.69, 9.17) is 19.4 Å². The molecule has 0 amide bonds. The van der Waals surface area contributed by atoms with Crippen molar-refractivity contribution < 1.29 is 4.42 Å². The zero-order valence-electron chi connectivity index (χ0n) is 33.5. The lowest BCUT2D eigenvalue weighted by Crippen LogP contribution is -2.00. The Morgan fingerprint density at radius 1 is 0.306 bits per heavy atom. The van der Waals surface area contributed by atoms with Gasteiger partial charge in [-0.3, -0.25) is 0 Å². The number of aromatic nitrogens is 4. The summed E-state index contributed by atoms with van der Waals surface area (Å²) in [6, 6.07) is 76.3. The van der Waals surface area contributed by atoms with Crippen molar-refractivity contribution in [1.82, 2.24) is 19.5 Å². The van der Waals surface area contributed by atoms with Crippen LogP contribution in [0.5, 0.6) is 0 Å². The second-order valence-electron chi connectivity index (χ2n) is 15.6. The first-order chi connectivity index (χ1) is 30.7. The van der Waals surface area contributed by atoms with Gasteiger partial charge >= 0.3 is 0 Å². The molecule has 5 nitrogen and oxygen atoms in total. The van der Waals surface area contributed by atoms with Crippen LogP contribution < -0.4 is 0 Å². The third-order valence-corrected chi connectivity index (χ3v) is 11.9. The minimum atomic E-state index is 0.616. The number of furan rings is 1. The summed E-state index contributed by atoms with van der Waals surface area (Å²) < 4.78 is 8.90. The van der Waals surface area contributed by atoms with Crippen LogP contribution in [0.3, 0.4) is 0 Å². The molecule has 0 aliphatic heterocycles. The Kier molecular flexibility index (Phi) is 8.42. The van der Waals surface area contributed by atoms with E-state index >= 15 is 0 Å². The van der Waals surface area contributed by atoms with Crippen molar-refractivity contribution in [3.8, 4) is 73.2 Å². The van der Waals surface area contributed by atoms with Gasteiger partial charge in [0.15, 0.2) is 17.5 Å². The summed E-state index contributed by atoms with van der Waals surface area (Å²) in [5.74, 6) is 1.88. The second-order valence-corrected chi connectivity index (χ2v) is 15.6. The Hall–Kier alpha value is -8.41. The van der Waals surface area contributed by atoms with Crippen LogP contribution in [-0.2, 0) is 0 Å².